The summed E-state index contributed by atoms with van der Waals surface area (Å²) in [5, 5.41) is 4.41. The van der Waals surface area contributed by atoms with Gasteiger partial charge in [0.05, 0.1) is 24.0 Å². The molecule has 2 aromatic rings. The van der Waals surface area contributed by atoms with Gasteiger partial charge in [0, 0.05) is 11.1 Å². The van der Waals surface area contributed by atoms with Crippen LogP contribution in [0, 0.1) is 13.8 Å². The Morgan fingerprint density at radius 2 is 2.16 bits per heavy atom. The molecule has 0 saturated heterocycles. The van der Waals surface area contributed by atoms with Crippen LogP contribution in [0.3, 0.4) is 0 Å². The van der Waals surface area contributed by atoms with Gasteiger partial charge in [-0.3, -0.25) is 0 Å². The quantitative estimate of drug-likeness (QED) is 0.908. The third-order valence-corrected chi connectivity index (χ3v) is 3.69. The molecule has 0 saturated carbocycles. The Labute approximate surface area is 117 Å². The normalized spacial score (nSPS) is 10.8. The molecule has 0 unspecified atom stereocenters. The van der Waals surface area contributed by atoms with E-state index in [1.54, 1.807) is 17.5 Å². The predicted molar refractivity (Wildman–Crippen MR) is 78.9 cm³/mol. The number of aryl methyl sites for hydroxylation is 2. The molecule has 1 N–H and O–H groups in total. The van der Waals surface area contributed by atoms with Gasteiger partial charge in [-0.15, -0.1) is 11.3 Å². The molecular formula is C14H19N3OS. The van der Waals surface area contributed by atoms with Crippen LogP contribution in [0.2, 0.25) is 0 Å². The van der Waals surface area contributed by atoms with Crippen LogP contribution in [-0.4, -0.2) is 16.1 Å². The van der Waals surface area contributed by atoms with E-state index in [9.17, 15) is 0 Å². The van der Waals surface area contributed by atoms with Crippen LogP contribution in [-0.2, 0) is 6.54 Å². The molecule has 0 aliphatic carbocycles. The van der Waals surface area contributed by atoms with Gasteiger partial charge in [0.15, 0.2) is 0 Å². The lowest BCUT2D eigenvalue weighted by Gasteiger charge is -2.13. The average Bonchev–Trinajstić information content (AvgIpc) is 2.67. The van der Waals surface area contributed by atoms with E-state index in [2.05, 4.69) is 22.2 Å². The molecule has 0 spiro atoms. The van der Waals surface area contributed by atoms with E-state index in [0.29, 0.717) is 12.4 Å². The maximum atomic E-state index is 5.67. The van der Waals surface area contributed by atoms with Crippen molar-refractivity contribution in [2.75, 3.05) is 5.32 Å². The lowest BCUT2D eigenvalue weighted by atomic mass is 10.4. The van der Waals surface area contributed by atoms with E-state index < -0.39 is 0 Å². The fourth-order valence-corrected chi connectivity index (χ4v) is 2.50. The van der Waals surface area contributed by atoms with E-state index in [0.717, 1.165) is 16.4 Å². The summed E-state index contributed by atoms with van der Waals surface area (Å²) in [6.45, 7) is 8.80. The van der Waals surface area contributed by atoms with Gasteiger partial charge in [-0.1, -0.05) is 0 Å². The molecule has 102 valence electrons. The first-order valence-corrected chi connectivity index (χ1v) is 7.16. The van der Waals surface area contributed by atoms with E-state index >= 15 is 0 Å². The second-order valence-corrected chi connectivity index (χ2v) is 5.91. The molecule has 0 aliphatic heterocycles. The highest BCUT2D eigenvalue weighted by atomic mass is 32.1. The largest absolute Gasteiger partial charge is 0.473 e. The maximum absolute atomic E-state index is 5.67. The third-order valence-electron chi connectivity index (χ3n) is 2.62. The van der Waals surface area contributed by atoms with Crippen molar-refractivity contribution >= 4 is 17.0 Å². The Kier molecular flexibility index (Phi) is 4.37. The number of nitrogens with zero attached hydrogens (tertiary/aromatic N) is 2. The molecule has 0 amide bonds. The molecule has 0 radical (unpaired) electrons. The Balaban J connectivity index is 2.06. The standard InChI is InChI=1S/C14H19N3OS/c1-9(2)18-14-12(6-5-7-15-14)16-8-13-17-10(3)11(4)19-13/h5-7,9,16H,8H2,1-4H3. The summed E-state index contributed by atoms with van der Waals surface area (Å²) in [7, 11) is 0. The highest BCUT2D eigenvalue weighted by Gasteiger charge is 2.08. The van der Waals surface area contributed by atoms with Crippen molar-refractivity contribution in [1.29, 1.82) is 0 Å². The second kappa shape index (κ2) is 6.02. The van der Waals surface area contributed by atoms with Gasteiger partial charge in [0.1, 0.15) is 5.01 Å². The zero-order valence-electron chi connectivity index (χ0n) is 11.7. The fraction of sp³-hybridized carbons (Fsp3) is 0.429. The van der Waals surface area contributed by atoms with Crippen LogP contribution >= 0.6 is 11.3 Å². The van der Waals surface area contributed by atoms with Gasteiger partial charge in [0.2, 0.25) is 5.88 Å². The predicted octanol–water partition coefficient (Wildman–Crippen LogP) is 3.55. The third kappa shape index (κ3) is 3.67. The molecule has 4 nitrogen and oxygen atoms in total. The van der Waals surface area contributed by atoms with Crippen molar-refractivity contribution in [3.8, 4) is 5.88 Å². The molecule has 2 aromatic heterocycles. The van der Waals surface area contributed by atoms with Gasteiger partial charge in [-0.25, -0.2) is 9.97 Å². The molecule has 5 heteroatoms. The van der Waals surface area contributed by atoms with Crippen molar-refractivity contribution in [2.24, 2.45) is 0 Å². The van der Waals surface area contributed by atoms with Gasteiger partial charge >= 0.3 is 0 Å². The van der Waals surface area contributed by atoms with Crippen LogP contribution in [0.25, 0.3) is 0 Å². The minimum Gasteiger partial charge on any atom is -0.473 e. The zero-order valence-corrected chi connectivity index (χ0v) is 12.5. The van der Waals surface area contributed by atoms with Crippen LogP contribution in [0.1, 0.15) is 29.4 Å². The Bertz CT molecular complexity index is 532. The molecule has 0 fully saturated rings. The molecule has 2 heterocycles. The molecule has 0 aromatic carbocycles. The Morgan fingerprint density at radius 1 is 1.37 bits per heavy atom. The minimum absolute atomic E-state index is 0.111. The number of hydrogen-bond donors (Lipinski definition) is 1. The van der Waals surface area contributed by atoms with Crippen LogP contribution in [0.4, 0.5) is 5.69 Å². The van der Waals surface area contributed by atoms with Crippen LogP contribution in [0.5, 0.6) is 5.88 Å². The first-order valence-electron chi connectivity index (χ1n) is 6.34. The summed E-state index contributed by atoms with van der Waals surface area (Å²) < 4.78 is 5.67. The van der Waals surface area contributed by atoms with Crippen molar-refractivity contribution in [3.05, 3.63) is 33.9 Å². The Morgan fingerprint density at radius 3 is 2.79 bits per heavy atom. The monoisotopic (exact) mass is 277 g/mol. The van der Waals surface area contributed by atoms with Crippen molar-refractivity contribution < 1.29 is 4.74 Å². The van der Waals surface area contributed by atoms with E-state index in [-0.39, 0.29) is 6.10 Å². The number of rotatable bonds is 5. The van der Waals surface area contributed by atoms with E-state index in [1.165, 1.54) is 4.88 Å². The number of hydrogen-bond acceptors (Lipinski definition) is 5. The summed E-state index contributed by atoms with van der Waals surface area (Å²) in [5.74, 6) is 0.641. The SMILES string of the molecule is Cc1nc(CNc2cccnc2OC(C)C)sc1C. The smallest absolute Gasteiger partial charge is 0.237 e. The van der Waals surface area contributed by atoms with Gasteiger partial charge < -0.3 is 10.1 Å². The Hall–Kier alpha value is -1.62. The summed E-state index contributed by atoms with van der Waals surface area (Å²) in [4.78, 5) is 10.0. The fourth-order valence-electron chi connectivity index (χ4n) is 1.63. The van der Waals surface area contributed by atoms with Gasteiger partial charge in [-0.2, -0.15) is 0 Å². The summed E-state index contributed by atoms with van der Waals surface area (Å²) in [6, 6.07) is 3.87. The van der Waals surface area contributed by atoms with Crippen molar-refractivity contribution in [2.45, 2.75) is 40.3 Å². The average molecular weight is 277 g/mol. The number of thiazole rings is 1. The van der Waals surface area contributed by atoms with Crippen molar-refractivity contribution in [3.63, 3.8) is 0 Å². The molecule has 2 rings (SSSR count). The molecular weight excluding hydrogens is 258 g/mol. The number of aromatic nitrogens is 2. The molecule has 0 bridgehead atoms. The molecule has 0 atom stereocenters. The summed E-state index contributed by atoms with van der Waals surface area (Å²) in [5.41, 5.74) is 2.01. The van der Waals surface area contributed by atoms with Crippen LogP contribution in [0.15, 0.2) is 18.3 Å². The lowest BCUT2D eigenvalue weighted by molar-refractivity contribution is 0.234. The van der Waals surface area contributed by atoms with Crippen LogP contribution < -0.4 is 10.1 Å². The van der Waals surface area contributed by atoms with Gasteiger partial charge in [-0.05, 0) is 39.8 Å². The highest BCUT2D eigenvalue weighted by molar-refractivity contribution is 7.11. The zero-order chi connectivity index (χ0) is 13.8. The maximum Gasteiger partial charge on any atom is 0.237 e. The topological polar surface area (TPSA) is 47.0 Å². The highest BCUT2D eigenvalue weighted by Crippen LogP contribution is 2.23. The molecule has 19 heavy (non-hydrogen) atoms. The first-order chi connectivity index (χ1) is 9.06. The lowest BCUT2D eigenvalue weighted by Crippen LogP contribution is -2.10. The number of ether oxygens (including phenoxy) is 1. The minimum atomic E-state index is 0.111. The van der Waals surface area contributed by atoms with E-state index in [1.807, 2.05) is 32.9 Å². The van der Waals surface area contributed by atoms with E-state index in [4.69, 9.17) is 4.74 Å². The molecule has 0 aliphatic rings. The summed E-state index contributed by atoms with van der Waals surface area (Å²) in [6.07, 6.45) is 1.85. The second-order valence-electron chi connectivity index (χ2n) is 4.63. The van der Waals surface area contributed by atoms with Gasteiger partial charge in [0.25, 0.3) is 0 Å². The van der Waals surface area contributed by atoms with Crippen molar-refractivity contribution in [1.82, 2.24) is 9.97 Å². The number of anilines is 1. The first kappa shape index (κ1) is 13.8. The summed E-state index contributed by atoms with van der Waals surface area (Å²) >= 11 is 1.72. The number of nitrogens with one attached hydrogen (secondary N) is 1. The number of pyridine rings is 1.